The van der Waals surface area contributed by atoms with E-state index in [0.717, 1.165) is 5.56 Å². The highest BCUT2D eigenvalue weighted by Crippen LogP contribution is 2.05. The van der Waals surface area contributed by atoms with Gasteiger partial charge in [-0.1, -0.05) is 12.1 Å². The molecular formula is C11H15NO3. The van der Waals surface area contributed by atoms with Gasteiger partial charge in [-0.25, -0.2) is 5.48 Å². The lowest BCUT2D eigenvalue weighted by Gasteiger charge is -2.04. The number of nitrogens with one attached hydrogen (secondary N) is 1. The van der Waals surface area contributed by atoms with E-state index >= 15 is 0 Å². The van der Waals surface area contributed by atoms with Crippen LogP contribution in [0.3, 0.4) is 0 Å². The third kappa shape index (κ3) is 3.69. The maximum atomic E-state index is 11.4. The van der Waals surface area contributed by atoms with Gasteiger partial charge in [0, 0.05) is 12.7 Å². The lowest BCUT2D eigenvalue weighted by atomic mass is 10.1. The normalized spacial score (nSPS) is 10.0. The van der Waals surface area contributed by atoms with Gasteiger partial charge in [-0.05, 0) is 24.6 Å². The number of methoxy groups -OCH3 is 1. The number of rotatable bonds is 5. The molecule has 1 rings (SSSR count). The van der Waals surface area contributed by atoms with Gasteiger partial charge in [0.1, 0.15) is 0 Å². The van der Waals surface area contributed by atoms with Crippen LogP contribution >= 0.6 is 0 Å². The smallest absolute Gasteiger partial charge is 0.274 e. The number of ether oxygens (including phenoxy) is 1. The molecule has 0 saturated heterocycles. The summed E-state index contributed by atoms with van der Waals surface area (Å²) in [5.41, 5.74) is 3.94. The van der Waals surface area contributed by atoms with Crippen LogP contribution < -0.4 is 5.48 Å². The molecule has 0 saturated carbocycles. The van der Waals surface area contributed by atoms with E-state index in [1.54, 1.807) is 19.2 Å². The quantitative estimate of drug-likeness (QED) is 0.748. The van der Waals surface area contributed by atoms with Crippen LogP contribution in [-0.2, 0) is 16.2 Å². The summed E-state index contributed by atoms with van der Waals surface area (Å²) in [6.45, 7) is 2.81. The van der Waals surface area contributed by atoms with Gasteiger partial charge in [-0.15, -0.1) is 0 Å². The predicted octanol–water partition coefficient (Wildman–Crippen LogP) is 1.51. The Morgan fingerprint density at radius 3 is 2.53 bits per heavy atom. The first kappa shape index (κ1) is 11.7. The SMILES string of the molecule is CCONC(=O)c1ccc(COC)cc1. The van der Waals surface area contributed by atoms with Crippen molar-refractivity contribution in [3.8, 4) is 0 Å². The first-order valence-corrected chi connectivity index (χ1v) is 4.78. The third-order valence-corrected chi connectivity index (χ3v) is 1.84. The number of carbonyl (C=O) groups excluding carboxylic acids is 1. The molecule has 0 aliphatic rings. The van der Waals surface area contributed by atoms with Crippen molar-refractivity contribution in [2.75, 3.05) is 13.7 Å². The van der Waals surface area contributed by atoms with Gasteiger partial charge < -0.3 is 4.74 Å². The fourth-order valence-corrected chi connectivity index (χ4v) is 1.12. The molecule has 1 aromatic rings. The molecule has 0 heterocycles. The molecule has 1 aromatic carbocycles. The fourth-order valence-electron chi connectivity index (χ4n) is 1.12. The number of benzene rings is 1. The maximum Gasteiger partial charge on any atom is 0.274 e. The van der Waals surface area contributed by atoms with Gasteiger partial charge in [-0.2, -0.15) is 0 Å². The summed E-state index contributed by atoms with van der Waals surface area (Å²) in [4.78, 5) is 16.2. The monoisotopic (exact) mass is 209 g/mol. The molecule has 0 unspecified atom stereocenters. The molecule has 0 aliphatic heterocycles. The molecule has 0 atom stereocenters. The summed E-state index contributed by atoms with van der Waals surface area (Å²) < 4.78 is 4.97. The van der Waals surface area contributed by atoms with Crippen LogP contribution in [0.25, 0.3) is 0 Å². The Morgan fingerprint density at radius 2 is 2.00 bits per heavy atom. The Hall–Kier alpha value is -1.39. The number of hydrogen-bond donors (Lipinski definition) is 1. The standard InChI is InChI=1S/C11H15NO3/c1-3-15-12-11(13)10-6-4-9(5-7-10)8-14-2/h4-7H,3,8H2,1-2H3,(H,12,13). The zero-order valence-corrected chi connectivity index (χ0v) is 8.95. The highest BCUT2D eigenvalue weighted by Gasteiger charge is 2.04. The van der Waals surface area contributed by atoms with Crippen molar-refractivity contribution in [3.05, 3.63) is 35.4 Å². The molecule has 0 fully saturated rings. The van der Waals surface area contributed by atoms with E-state index in [1.807, 2.05) is 19.1 Å². The molecular weight excluding hydrogens is 194 g/mol. The first-order chi connectivity index (χ1) is 7.27. The van der Waals surface area contributed by atoms with E-state index < -0.39 is 0 Å². The molecule has 1 amide bonds. The average molecular weight is 209 g/mol. The highest BCUT2D eigenvalue weighted by atomic mass is 16.6. The summed E-state index contributed by atoms with van der Waals surface area (Å²) in [7, 11) is 1.63. The van der Waals surface area contributed by atoms with Gasteiger partial charge >= 0.3 is 0 Å². The minimum absolute atomic E-state index is 0.235. The minimum Gasteiger partial charge on any atom is -0.380 e. The van der Waals surface area contributed by atoms with E-state index in [9.17, 15) is 4.79 Å². The largest absolute Gasteiger partial charge is 0.380 e. The van der Waals surface area contributed by atoms with Crippen molar-refractivity contribution in [2.24, 2.45) is 0 Å². The lowest BCUT2D eigenvalue weighted by molar-refractivity contribution is 0.0364. The Kier molecular flexibility index (Phi) is 4.80. The van der Waals surface area contributed by atoms with E-state index in [1.165, 1.54) is 0 Å². The van der Waals surface area contributed by atoms with Gasteiger partial charge in [0.25, 0.3) is 5.91 Å². The molecule has 4 nitrogen and oxygen atoms in total. The summed E-state index contributed by atoms with van der Waals surface area (Å²) in [6.07, 6.45) is 0. The van der Waals surface area contributed by atoms with Crippen LogP contribution in [0, 0.1) is 0 Å². The second-order valence-corrected chi connectivity index (χ2v) is 2.99. The van der Waals surface area contributed by atoms with Gasteiger partial charge in [0.15, 0.2) is 0 Å². The summed E-state index contributed by atoms with van der Waals surface area (Å²) in [6, 6.07) is 7.18. The number of hydroxylamine groups is 1. The fraction of sp³-hybridized carbons (Fsp3) is 0.364. The molecule has 0 bridgehead atoms. The van der Waals surface area contributed by atoms with E-state index in [0.29, 0.717) is 18.8 Å². The zero-order valence-electron chi connectivity index (χ0n) is 8.95. The number of amides is 1. The Labute approximate surface area is 89.1 Å². The zero-order chi connectivity index (χ0) is 11.1. The van der Waals surface area contributed by atoms with Crippen molar-refractivity contribution in [1.82, 2.24) is 5.48 Å². The minimum atomic E-state index is -0.235. The third-order valence-electron chi connectivity index (χ3n) is 1.84. The Balaban J connectivity index is 2.58. The average Bonchev–Trinajstić information content (AvgIpc) is 2.27. The Bertz CT molecular complexity index is 308. The summed E-state index contributed by atoms with van der Waals surface area (Å²) >= 11 is 0. The van der Waals surface area contributed by atoms with Crippen LogP contribution in [0.4, 0.5) is 0 Å². The lowest BCUT2D eigenvalue weighted by Crippen LogP contribution is -2.23. The molecule has 0 aliphatic carbocycles. The molecule has 4 heteroatoms. The van der Waals surface area contributed by atoms with Crippen LogP contribution in [0.15, 0.2) is 24.3 Å². The summed E-state index contributed by atoms with van der Waals surface area (Å²) in [5, 5.41) is 0. The van der Waals surface area contributed by atoms with E-state index in [-0.39, 0.29) is 5.91 Å². The molecule has 82 valence electrons. The van der Waals surface area contributed by atoms with Gasteiger partial charge in [0.2, 0.25) is 0 Å². The second-order valence-electron chi connectivity index (χ2n) is 2.99. The highest BCUT2D eigenvalue weighted by molar-refractivity contribution is 5.93. The van der Waals surface area contributed by atoms with E-state index in [4.69, 9.17) is 9.57 Å². The number of hydrogen-bond acceptors (Lipinski definition) is 3. The predicted molar refractivity (Wildman–Crippen MR) is 56.2 cm³/mol. The van der Waals surface area contributed by atoms with E-state index in [2.05, 4.69) is 5.48 Å². The van der Waals surface area contributed by atoms with Gasteiger partial charge in [0.05, 0.1) is 13.2 Å². The van der Waals surface area contributed by atoms with Crippen molar-refractivity contribution in [2.45, 2.75) is 13.5 Å². The van der Waals surface area contributed by atoms with Gasteiger partial charge in [-0.3, -0.25) is 9.63 Å². The second kappa shape index (κ2) is 6.16. The first-order valence-electron chi connectivity index (χ1n) is 4.78. The summed E-state index contributed by atoms with van der Waals surface area (Å²) in [5.74, 6) is -0.235. The van der Waals surface area contributed by atoms with Crippen LogP contribution in [0.2, 0.25) is 0 Å². The maximum absolute atomic E-state index is 11.4. The Morgan fingerprint density at radius 1 is 1.33 bits per heavy atom. The van der Waals surface area contributed by atoms with Crippen molar-refractivity contribution < 1.29 is 14.4 Å². The van der Waals surface area contributed by atoms with Crippen molar-refractivity contribution >= 4 is 5.91 Å². The topological polar surface area (TPSA) is 47.6 Å². The molecule has 0 spiro atoms. The van der Waals surface area contributed by atoms with Crippen LogP contribution in [-0.4, -0.2) is 19.6 Å². The molecule has 15 heavy (non-hydrogen) atoms. The van der Waals surface area contributed by atoms with Crippen LogP contribution in [0.1, 0.15) is 22.8 Å². The molecule has 1 N–H and O–H groups in total. The van der Waals surface area contributed by atoms with Crippen molar-refractivity contribution in [1.29, 1.82) is 0 Å². The number of carbonyl (C=O) groups is 1. The molecule has 0 radical (unpaired) electrons. The van der Waals surface area contributed by atoms with Crippen LogP contribution in [0.5, 0.6) is 0 Å². The van der Waals surface area contributed by atoms with Crippen molar-refractivity contribution in [3.63, 3.8) is 0 Å². The molecule has 0 aromatic heterocycles.